The number of aromatic nitrogens is 2. The van der Waals surface area contributed by atoms with Gasteiger partial charge in [-0.05, 0) is 37.9 Å². The van der Waals surface area contributed by atoms with E-state index in [2.05, 4.69) is 73.8 Å². The number of nitrogens with two attached hydrogens (primary N) is 1. The number of benzene rings is 1. The average molecular weight is 401 g/mol. The summed E-state index contributed by atoms with van der Waals surface area (Å²) in [6.45, 7) is 17.1. The highest BCUT2D eigenvalue weighted by molar-refractivity contribution is 5.90. The van der Waals surface area contributed by atoms with Crippen LogP contribution < -0.4 is 5.73 Å². The third kappa shape index (κ3) is 10.7. The van der Waals surface area contributed by atoms with Gasteiger partial charge in [-0.3, -0.25) is 9.78 Å². The molecule has 0 spiro atoms. The zero-order chi connectivity index (χ0) is 22.2. The summed E-state index contributed by atoms with van der Waals surface area (Å²) in [7, 11) is 0. The monoisotopic (exact) mass is 400 g/mol. The van der Waals surface area contributed by atoms with Crippen molar-refractivity contribution in [2.45, 2.75) is 73.8 Å². The highest BCUT2D eigenvalue weighted by Gasteiger charge is 2.07. The second-order valence-electron chi connectivity index (χ2n) is 6.93. The summed E-state index contributed by atoms with van der Waals surface area (Å²) in [6.07, 6.45) is 6.03. The number of carbonyl (C=O) groups excluding carboxylic acids is 1. The van der Waals surface area contributed by atoms with Gasteiger partial charge in [0.2, 0.25) is 0 Å². The summed E-state index contributed by atoms with van der Waals surface area (Å²) >= 11 is 0. The number of rotatable bonds is 8. The molecule has 2 aromatic rings. The van der Waals surface area contributed by atoms with Gasteiger partial charge in [0.1, 0.15) is 5.69 Å². The van der Waals surface area contributed by atoms with Crippen molar-refractivity contribution < 1.29 is 4.79 Å². The fraction of sp³-hybridized carbons (Fsp3) is 0.542. The second kappa shape index (κ2) is 15.6. The molecule has 162 valence electrons. The third-order valence-corrected chi connectivity index (χ3v) is 4.19. The Bertz CT molecular complexity index is 666. The van der Waals surface area contributed by atoms with Crippen molar-refractivity contribution in [3.63, 3.8) is 0 Å². The fourth-order valence-electron chi connectivity index (χ4n) is 2.66. The summed E-state index contributed by atoms with van der Waals surface area (Å²) in [4.78, 5) is 21.7. The number of primary amides is 1. The first-order chi connectivity index (χ1) is 13.9. The fourth-order valence-corrected chi connectivity index (χ4v) is 2.66. The van der Waals surface area contributed by atoms with Crippen molar-refractivity contribution in [3.8, 4) is 0 Å². The minimum absolute atomic E-state index is 0.194. The van der Waals surface area contributed by atoms with E-state index >= 15 is 0 Å². The minimum atomic E-state index is -0.555. The van der Waals surface area contributed by atoms with Gasteiger partial charge in [0.25, 0.3) is 5.91 Å². The van der Waals surface area contributed by atoms with Crippen LogP contribution in [-0.4, -0.2) is 39.9 Å². The van der Waals surface area contributed by atoms with Gasteiger partial charge in [0.05, 0.1) is 11.9 Å². The van der Waals surface area contributed by atoms with E-state index in [-0.39, 0.29) is 5.69 Å². The Morgan fingerprint density at radius 2 is 1.55 bits per heavy atom. The van der Waals surface area contributed by atoms with E-state index < -0.39 is 5.91 Å². The van der Waals surface area contributed by atoms with E-state index in [4.69, 9.17) is 5.73 Å². The summed E-state index contributed by atoms with van der Waals surface area (Å²) in [5.74, 6) is -0.555. The number of carbonyl (C=O) groups is 1. The molecular weight excluding hydrogens is 360 g/mol. The second-order valence-corrected chi connectivity index (χ2v) is 6.93. The van der Waals surface area contributed by atoms with Crippen LogP contribution in [0.3, 0.4) is 0 Å². The largest absolute Gasteiger partial charge is 0.364 e. The number of amides is 1. The topological polar surface area (TPSA) is 72.1 Å². The van der Waals surface area contributed by atoms with Gasteiger partial charge in [0.15, 0.2) is 0 Å². The van der Waals surface area contributed by atoms with Gasteiger partial charge < -0.3 is 10.6 Å². The molecule has 0 saturated heterocycles. The van der Waals surface area contributed by atoms with Crippen LogP contribution in [0.4, 0.5) is 0 Å². The first-order valence-electron chi connectivity index (χ1n) is 10.8. The first kappa shape index (κ1) is 26.7. The molecule has 2 rings (SSSR count). The van der Waals surface area contributed by atoms with Crippen LogP contribution in [0, 0.1) is 0 Å². The first-order valence-corrected chi connectivity index (χ1v) is 10.8. The summed E-state index contributed by atoms with van der Waals surface area (Å²) in [6, 6.07) is 9.19. The van der Waals surface area contributed by atoms with E-state index in [0.717, 1.165) is 25.2 Å². The highest BCUT2D eigenvalue weighted by Crippen LogP contribution is 2.11. The Morgan fingerprint density at radius 1 is 1.00 bits per heavy atom. The SMILES string of the molecule is CC.CCC.CCN(CCc1ccc(Cc2cnc(C(N)=O)cn2)cc1)C(C)C. The lowest BCUT2D eigenvalue weighted by Crippen LogP contribution is -2.32. The molecule has 5 nitrogen and oxygen atoms in total. The minimum Gasteiger partial charge on any atom is -0.364 e. The Morgan fingerprint density at radius 3 is 1.97 bits per heavy atom. The average Bonchev–Trinajstić information content (AvgIpc) is 2.72. The molecule has 0 unspecified atom stereocenters. The van der Waals surface area contributed by atoms with Crippen LogP contribution in [-0.2, 0) is 12.8 Å². The zero-order valence-corrected chi connectivity index (χ0v) is 19.4. The van der Waals surface area contributed by atoms with Gasteiger partial charge in [-0.15, -0.1) is 0 Å². The van der Waals surface area contributed by atoms with Gasteiger partial charge in [-0.1, -0.05) is 65.3 Å². The van der Waals surface area contributed by atoms with E-state index in [9.17, 15) is 4.79 Å². The lowest BCUT2D eigenvalue weighted by atomic mass is 10.1. The molecule has 29 heavy (non-hydrogen) atoms. The van der Waals surface area contributed by atoms with Gasteiger partial charge in [0, 0.05) is 25.2 Å². The lowest BCUT2D eigenvalue weighted by Gasteiger charge is -2.24. The van der Waals surface area contributed by atoms with Crippen molar-refractivity contribution in [1.29, 1.82) is 0 Å². The van der Waals surface area contributed by atoms with Gasteiger partial charge >= 0.3 is 0 Å². The van der Waals surface area contributed by atoms with Gasteiger partial charge in [-0.2, -0.15) is 0 Å². The third-order valence-electron chi connectivity index (χ3n) is 4.19. The molecule has 0 radical (unpaired) electrons. The standard InChI is InChI=1S/C19H26N4O.C3H8.C2H6/c1-4-23(14(2)3)10-9-15-5-7-16(8-6-15)11-17-12-22-18(13-21-17)19(20)24;1-3-2;1-2/h5-8,12-14H,4,9-11H2,1-3H3,(H2,20,24);3H2,1-2H3;1-2H3. The van der Waals surface area contributed by atoms with Crippen molar-refractivity contribution in [2.24, 2.45) is 5.73 Å². The van der Waals surface area contributed by atoms with E-state index in [1.165, 1.54) is 23.7 Å². The Labute approximate surface area is 177 Å². The number of hydrogen-bond donors (Lipinski definition) is 1. The molecule has 0 saturated carbocycles. The summed E-state index contributed by atoms with van der Waals surface area (Å²) in [5, 5.41) is 0. The summed E-state index contributed by atoms with van der Waals surface area (Å²) < 4.78 is 0. The van der Waals surface area contributed by atoms with E-state index in [1.54, 1.807) is 6.20 Å². The quantitative estimate of drug-likeness (QED) is 0.685. The van der Waals surface area contributed by atoms with Crippen molar-refractivity contribution in [1.82, 2.24) is 14.9 Å². The van der Waals surface area contributed by atoms with Crippen LogP contribution in [0.2, 0.25) is 0 Å². The van der Waals surface area contributed by atoms with Crippen LogP contribution in [0.25, 0.3) is 0 Å². The van der Waals surface area contributed by atoms with Crippen LogP contribution in [0.5, 0.6) is 0 Å². The maximum atomic E-state index is 11.0. The smallest absolute Gasteiger partial charge is 0.268 e. The highest BCUT2D eigenvalue weighted by atomic mass is 16.1. The molecule has 1 amide bonds. The molecular formula is C24H40N4O. The van der Waals surface area contributed by atoms with E-state index in [1.807, 2.05) is 13.8 Å². The number of hydrogen-bond acceptors (Lipinski definition) is 4. The maximum absolute atomic E-state index is 11.0. The van der Waals surface area contributed by atoms with Crippen molar-refractivity contribution >= 4 is 5.91 Å². The molecule has 0 fully saturated rings. The molecule has 0 atom stereocenters. The number of nitrogens with zero attached hydrogens (tertiary/aromatic N) is 3. The molecule has 1 aromatic carbocycles. The molecule has 5 heteroatoms. The number of likely N-dealkylation sites (N-methyl/N-ethyl adjacent to an activating group) is 1. The van der Waals surface area contributed by atoms with Gasteiger partial charge in [-0.25, -0.2) is 4.98 Å². The van der Waals surface area contributed by atoms with Crippen LogP contribution >= 0.6 is 0 Å². The maximum Gasteiger partial charge on any atom is 0.268 e. The molecule has 0 aliphatic rings. The molecule has 0 aliphatic heterocycles. The molecule has 0 aliphatic carbocycles. The zero-order valence-electron chi connectivity index (χ0n) is 19.4. The lowest BCUT2D eigenvalue weighted by molar-refractivity contribution is 0.0995. The molecule has 2 N–H and O–H groups in total. The Hall–Kier alpha value is -2.27. The summed E-state index contributed by atoms with van der Waals surface area (Å²) in [5.41, 5.74) is 8.70. The van der Waals surface area contributed by atoms with Crippen LogP contribution in [0.15, 0.2) is 36.7 Å². The normalized spacial score (nSPS) is 10.1. The predicted molar refractivity (Wildman–Crippen MR) is 123 cm³/mol. The molecule has 1 heterocycles. The Balaban J connectivity index is 0.00000143. The van der Waals surface area contributed by atoms with Crippen molar-refractivity contribution in [2.75, 3.05) is 13.1 Å². The van der Waals surface area contributed by atoms with Crippen LogP contribution in [0.1, 0.15) is 82.2 Å². The van der Waals surface area contributed by atoms with Crippen molar-refractivity contribution in [3.05, 3.63) is 59.2 Å². The molecule has 0 bridgehead atoms. The molecule has 1 aromatic heterocycles. The Kier molecular flexibility index (Phi) is 14.4. The predicted octanol–water partition coefficient (Wildman–Crippen LogP) is 4.88. The van der Waals surface area contributed by atoms with E-state index in [0.29, 0.717) is 12.5 Å².